The number of aryl methyl sites for hydroxylation is 2. The molecule has 1 spiro atoms. The van der Waals surface area contributed by atoms with Crippen LogP contribution in [0.5, 0.6) is 0 Å². The Morgan fingerprint density at radius 1 is 0.923 bits per heavy atom. The maximum absolute atomic E-state index is 13.4. The van der Waals surface area contributed by atoms with Crippen LogP contribution in [0.1, 0.15) is 31.2 Å². The summed E-state index contributed by atoms with van der Waals surface area (Å²) in [5.74, 6) is 0. The maximum atomic E-state index is 13.4. The Kier molecular flexibility index (Phi) is 6.70. The number of fused-ring (bicyclic) bond motifs is 1. The smallest absolute Gasteiger partial charge is 0.310 e. The van der Waals surface area contributed by atoms with Gasteiger partial charge < -0.3 is 5.32 Å². The summed E-state index contributed by atoms with van der Waals surface area (Å²) in [6.45, 7) is 1.81. The van der Waals surface area contributed by atoms with E-state index in [2.05, 4.69) is 29.6 Å². The summed E-state index contributed by atoms with van der Waals surface area (Å²) < 4.78 is 31.5. The number of hydrogen-bond acceptors (Lipinski definition) is 4. The van der Waals surface area contributed by atoms with Gasteiger partial charge in [0.2, 0.25) is 10.0 Å². The molecule has 9 heteroatoms. The third-order valence-electron chi connectivity index (χ3n) is 8.74. The van der Waals surface area contributed by atoms with Crippen molar-refractivity contribution in [3.8, 4) is 11.1 Å². The first-order valence-electron chi connectivity index (χ1n) is 13.4. The Hall–Kier alpha value is -2.91. The first-order valence-corrected chi connectivity index (χ1v) is 15.2. The number of piperidine rings is 1. The van der Waals surface area contributed by atoms with Gasteiger partial charge in [0.1, 0.15) is 0 Å². The van der Waals surface area contributed by atoms with Gasteiger partial charge in [-0.25, -0.2) is 13.2 Å². The predicted octanol–water partition coefficient (Wildman–Crippen LogP) is 4.92. The molecule has 3 aromatic carbocycles. The second-order valence-electron chi connectivity index (χ2n) is 11.1. The minimum absolute atomic E-state index is 0.167. The van der Waals surface area contributed by atoms with E-state index in [1.165, 1.54) is 9.13 Å². The minimum Gasteiger partial charge on any atom is -0.310 e. The highest BCUT2D eigenvalue weighted by molar-refractivity contribution is 7.89. The summed E-state index contributed by atoms with van der Waals surface area (Å²) in [6, 6.07) is 21.8. The molecule has 0 unspecified atom stereocenters. The molecule has 1 aliphatic heterocycles. The first-order chi connectivity index (χ1) is 18.7. The van der Waals surface area contributed by atoms with Crippen LogP contribution in [0.2, 0.25) is 5.02 Å². The summed E-state index contributed by atoms with van der Waals surface area (Å²) in [7, 11) is -0.252. The lowest BCUT2D eigenvalue weighted by molar-refractivity contribution is 0.0261. The monoisotopic (exact) mass is 564 g/mol. The van der Waals surface area contributed by atoms with Crippen molar-refractivity contribution in [2.75, 3.05) is 13.1 Å². The van der Waals surface area contributed by atoms with Crippen LogP contribution in [0, 0.1) is 5.41 Å². The molecule has 1 aliphatic carbocycles. The van der Waals surface area contributed by atoms with E-state index in [9.17, 15) is 13.2 Å². The topological polar surface area (TPSA) is 76.3 Å². The molecule has 39 heavy (non-hydrogen) atoms. The van der Waals surface area contributed by atoms with Gasteiger partial charge in [0.05, 0.1) is 15.9 Å². The summed E-state index contributed by atoms with van der Waals surface area (Å²) >= 11 is 6.59. The van der Waals surface area contributed by atoms with Gasteiger partial charge in [-0.05, 0) is 66.5 Å². The molecule has 0 amide bonds. The van der Waals surface area contributed by atoms with Crippen LogP contribution in [0.25, 0.3) is 22.2 Å². The fraction of sp³-hybridized carbons (Fsp3) is 0.367. The van der Waals surface area contributed by atoms with Crippen molar-refractivity contribution in [1.82, 2.24) is 18.8 Å². The summed E-state index contributed by atoms with van der Waals surface area (Å²) in [4.78, 5) is 12.5. The van der Waals surface area contributed by atoms with Crippen LogP contribution in [-0.4, -0.2) is 41.0 Å². The number of sulfonamides is 1. The molecule has 1 N–H and O–H groups in total. The third-order valence-corrected chi connectivity index (χ3v) is 10.9. The average molecular weight is 565 g/mol. The Labute approximate surface area is 234 Å². The van der Waals surface area contributed by atoms with E-state index >= 15 is 0 Å². The van der Waals surface area contributed by atoms with Crippen LogP contribution < -0.4 is 11.0 Å². The van der Waals surface area contributed by atoms with Crippen LogP contribution in [0.15, 0.2) is 76.4 Å². The molecule has 1 saturated heterocycles. The molecule has 7 nitrogen and oxygen atoms in total. The molecular formula is C30H33ClN4O3S. The maximum Gasteiger partial charge on any atom is 0.328 e. The number of nitrogens with one attached hydrogen (secondary N) is 1. The zero-order valence-electron chi connectivity index (χ0n) is 22.2. The van der Waals surface area contributed by atoms with Crippen molar-refractivity contribution in [3.63, 3.8) is 0 Å². The van der Waals surface area contributed by atoms with Crippen LogP contribution in [-0.2, 0) is 30.7 Å². The Balaban J connectivity index is 1.04. The predicted molar refractivity (Wildman–Crippen MR) is 155 cm³/mol. The number of halogens is 1. The van der Waals surface area contributed by atoms with Crippen LogP contribution >= 0.6 is 11.6 Å². The van der Waals surface area contributed by atoms with Gasteiger partial charge in [0.15, 0.2) is 0 Å². The lowest BCUT2D eigenvalue weighted by atomic mass is 9.60. The molecule has 204 valence electrons. The Bertz CT molecular complexity index is 1700. The molecule has 4 aromatic rings. The van der Waals surface area contributed by atoms with E-state index in [-0.39, 0.29) is 16.0 Å². The second kappa shape index (κ2) is 9.93. The van der Waals surface area contributed by atoms with E-state index in [4.69, 9.17) is 11.6 Å². The van der Waals surface area contributed by atoms with Crippen LogP contribution in [0.3, 0.4) is 0 Å². The third kappa shape index (κ3) is 4.73. The summed E-state index contributed by atoms with van der Waals surface area (Å²) in [5.41, 5.74) is 4.71. The van der Waals surface area contributed by atoms with E-state index in [0.717, 1.165) is 59.5 Å². The molecule has 0 atom stereocenters. The fourth-order valence-electron chi connectivity index (χ4n) is 6.32. The first kappa shape index (κ1) is 26.3. The molecule has 0 bridgehead atoms. The van der Waals surface area contributed by atoms with E-state index in [1.54, 1.807) is 36.6 Å². The Morgan fingerprint density at radius 2 is 1.62 bits per heavy atom. The molecule has 2 heterocycles. The largest absolute Gasteiger partial charge is 0.328 e. The average Bonchev–Trinajstić information content (AvgIpc) is 3.14. The number of rotatable bonds is 6. The van der Waals surface area contributed by atoms with Crippen molar-refractivity contribution in [1.29, 1.82) is 0 Å². The number of nitrogens with zero attached hydrogens (tertiary/aromatic N) is 3. The SMILES string of the molecule is Cn1c(=O)n(C)c2cc(S(=O)(=O)N3CCC4(CC3)CC(NCc3ccc(-c5ccccc5)c(Cl)c3)C4)ccc21. The van der Waals surface area contributed by atoms with Crippen molar-refractivity contribution in [2.24, 2.45) is 19.5 Å². The fourth-order valence-corrected chi connectivity index (χ4v) is 8.09. The zero-order chi connectivity index (χ0) is 27.4. The van der Waals surface area contributed by atoms with Crippen molar-refractivity contribution in [3.05, 3.63) is 87.8 Å². The Morgan fingerprint density at radius 3 is 2.31 bits per heavy atom. The van der Waals surface area contributed by atoms with Gasteiger partial charge in [-0.1, -0.05) is 54.1 Å². The van der Waals surface area contributed by atoms with Gasteiger partial charge >= 0.3 is 5.69 Å². The number of benzene rings is 3. The highest BCUT2D eigenvalue weighted by Gasteiger charge is 2.47. The highest BCUT2D eigenvalue weighted by atomic mass is 35.5. The van der Waals surface area contributed by atoms with Crippen molar-refractivity contribution >= 4 is 32.7 Å². The van der Waals surface area contributed by atoms with Gasteiger partial charge in [0, 0.05) is 50.4 Å². The molecule has 1 aromatic heterocycles. The minimum atomic E-state index is -3.62. The van der Waals surface area contributed by atoms with Gasteiger partial charge in [-0.15, -0.1) is 0 Å². The number of aromatic nitrogens is 2. The number of hydrogen-bond donors (Lipinski definition) is 1. The van der Waals surface area contributed by atoms with Gasteiger partial charge in [0.25, 0.3) is 0 Å². The van der Waals surface area contributed by atoms with E-state index in [0.29, 0.717) is 24.6 Å². The molecule has 2 aliphatic rings. The van der Waals surface area contributed by atoms with Crippen LogP contribution in [0.4, 0.5) is 0 Å². The zero-order valence-corrected chi connectivity index (χ0v) is 23.8. The lowest BCUT2D eigenvalue weighted by Crippen LogP contribution is -2.54. The molecule has 6 rings (SSSR count). The van der Waals surface area contributed by atoms with Crippen molar-refractivity contribution in [2.45, 2.75) is 43.2 Å². The highest BCUT2D eigenvalue weighted by Crippen LogP contribution is 2.49. The van der Waals surface area contributed by atoms with Gasteiger partial charge in [-0.2, -0.15) is 4.31 Å². The van der Waals surface area contributed by atoms with Gasteiger partial charge in [-0.3, -0.25) is 9.13 Å². The lowest BCUT2D eigenvalue weighted by Gasteiger charge is -2.52. The summed E-state index contributed by atoms with van der Waals surface area (Å²) in [6.07, 6.45) is 3.87. The molecule has 0 radical (unpaired) electrons. The van der Waals surface area contributed by atoms with Crippen molar-refractivity contribution < 1.29 is 8.42 Å². The normalized spacial score (nSPS) is 18.0. The quantitative estimate of drug-likeness (QED) is 0.361. The second-order valence-corrected chi connectivity index (χ2v) is 13.5. The number of imidazole rings is 1. The van der Waals surface area contributed by atoms with E-state index < -0.39 is 10.0 Å². The molecular weight excluding hydrogens is 532 g/mol. The molecule has 2 fully saturated rings. The van der Waals surface area contributed by atoms with E-state index in [1.807, 2.05) is 24.3 Å². The molecule has 1 saturated carbocycles. The standard InChI is InChI=1S/C30H33ClN4O3S/c1-33-27-11-9-24(17-28(27)34(2)29(33)36)39(37,38)35-14-12-30(13-15-35)18-23(19-30)32-20-21-8-10-25(26(31)16-21)22-6-4-3-5-7-22/h3-11,16-17,23,32H,12-15,18-20H2,1-2H3. The summed E-state index contributed by atoms with van der Waals surface area (Å²) in [5, 5.41) is 4.43.